The van der Waals surface area contributed by atoms with Crippen LogP contribution in [0.1, 0.15) is 93.9 Å². The smallest absolute Gasteiger partial charge is 0.333 e. The molecule has 2 aliphatic heterocycles. The first-order chi connectivity index (χ1) is 22.7. The molecule has 0 aliphatic carbocycles. The van der Waals surface area contributed by atoms with Gasteiger partial charge in [0.2, 0.25) is 0 Å². The van der Waals surface area contributed by atoms with Crippen LogP contribution in [0.25, 0.3) is 0 Å². The molecule has 0 aromatic rings. The predicted octanol–water partition coefficient (Wildman–Crippen LogP) is 10.9. The van der Waals surface area contributed by atoms with Crippen molar-refractivity contribution in [2.24, 2.45) is 0 Å². The van der Waals surface area contributed by atoms with Crippen LogP contribution in [0.5, 0.6) is 0 Å². The molecule has 2 aliphatic rings. The zero-order valence-electron chi connectivity index (χ0n) is 39.3. The standard InChI is InChI=1S/C36H88B2F2N6Si6/c1-33(2)27-25-28-34(3,4)43(33)37(39)45(49(15,16)17)51(21,22)41(47(9,10)11)31-32-42(48(12,13)14)52(23,24)46(50(18,19)20)38(40)44-35(5,6)29-26-30-36(44,7)8/h25-32H2,1-24H3. The maximum Gasteiger partial charge on any atom is 0.509 e. The van der Waals surface area contributed by atoms with Gasteiger partial charge in [0.25, 0.3) is 0 Å². The van der Waals surface area contributed by atoms with Gasteiger partial charge in [0.05, 0.1) is 0 Å². The fourth-order valence-electron chi connectivity index (χ4n) is 11.5. The van der Waals surface area contributed by atoms with Gasteiger partial charge in [-0.05, 0) is 133 Å². The molecule has 0 aromatic carbocycles. The van der Waals surface area contributed by atoms with Crippen LogP contribution in [0, 0.1) is 0 Å². The SMILES string of the molecule is CC1(C)CCCC(C)(C)N1B(F)N([Si](C)(C)C)[Si](C)(C)N(CCN([Si](C)(C)C)[Si](C)(C)N(B(F)N1C(C)(C)CCCC1(C)C)[Si](C)(C)C)[Si](C)(C)C. The third kappa shape index (κ3) is 10.6. The second-order valence-electron chi connectivity index (χ2n) is 24.0. The van der Waals surface area contributed by atoms with Gasteiger partial charge >= 0.3 is 14.5 Å². The van der Waals surface area contributed by atoms with Crippen molar-refractivity contribution >= 4 is 64.3 Å². The van der Waals surface area contributed by atoms with E-state index in [1.54, 1.807) is 0 Å². The third-order valence-electron chi connectivity index (χ3n) is 12.7. The third-order valence-corrected chi connectivity index (χ3v) is 40.2. The average molecular weight is 833 g/mol. The van der Waals surface area contributed by atoms with Crippen molar-refractivity contribution in [3.05, 3.63) is 0 Å². The molecule has 0 radical (unpaired) electrons. The van der Waals surface area contributed by atoms with Gasteiger partial charge in [0, 0.05) is 22.2 Å². The Bertz CT molecular complexity index is 1090. The first-order valence-corrected chi connectivity index (χ1v) is 40.3. The van der Waals surface area contributed by atoms with Crippen molar-refractivity contribution in [1.82, 2.24) is 26.4 Å². The summed E-state index contributed by atoms with van der Waals surface area (Å²) in [6.45, 7) is 58.8. The number of nitrogens with zero attached hydrogens (tertiary/aromatic N) is 6. The molecule has 2 heterocycles. The predicted molar refractivity (Wildman–Crippen MR) is 247 cm³/mol. The quantitative estimate of drug-likeness (QED) is 0.152. The highest BCUT2D eigenvalue weighted by atomic mass is 28.4. The molecule has 2 fully saturated rings. The lowest BCUT2D eigenvalue weighted by Crippen LogP contribution is -2.82. The van der Waals surface area contributed by atoms with E-state index >= 15 is 8.63 Å². The Morgan fingerprint density at radius 2 is 0.635 bits per heavy atom. The van der Waals surface area contributed by atoms with Gasteiger partial charge in [0.15, 0.2) is 16.8 Å². The van der Waals surface area contributed by atoms with Crippen LogP contribution >= 0.6 is 0 Å². The highest BCUT2D eigenvalue weighted by molar-refractivity contribution is 7.02. The number of hydrogen-bond acceptors (Lipinski definition) is 6. The highest BCUT2D eigenvalue weighted by Crippen LogP contribution is 2.44. The van der Waals surface area contributed by atoms with Crippen LogP contribution in [-0.2, 0) is 0 Å². The van der Waals surface area contributed by atoms with Gasteiger partial charge in [-0.25, -0.2) is 0 Å². The minimum Gasteiger partial charge on any atom is -0.333 e. The van der Waals surface area contributed by atoms with E-state index in [1.807, 2.05) is 0 Å². The van der Waals surface area contributed by atoms with E-state index in [0.29, 0.717) is 0 Å². The Morgan fingerprint density at radius 1 is 0.423 bits per heavy atom. The second kappa shape index (κ2) is 15.7. The molecule has 0 unspecified atom stereocenters. The Kier molecular flexibility index (Phi) is 14.8. The van der Waals surface area contributed by atoms with Crippen molar-refractivity contribution in [2.45, 2.75) is 221 Å². The molecule has 2 saturated heterocycles. The van der Waals surface area contributed by atoms with Gasteiger partial charge in [-0.2, -0.15) is 0 Å². The average Bonchev–Trinajstić information content (AvgIpc) is 2.79. The zero-order valence-corrected chi connectivity index (χ0v) is 45.3. The van der Waals surface area contributed by atoms with Crippen LogP contribution in [0.3, 0.4) is 0 Å². The van der Waals surface area contributed by atoms with E-state index in [4.69, 9.17) is 0 Å². The lowest BCUT2D eigenvalue weighted by Gasteiger charge is -2.62. The van der Waals surface area contributed by atoms with E-state index < -0.39 is 64.3 Å². The van der Waals surface area contributed by atoms with Crippen molar-refractivity contribution in [1.29, 1.82) is 0 Å². The molecule has 0 N–H and O–H groups in total. The van der Waals surface area contributed by atoms with Crippen molar-refractivity contribution < 1.29 is 8.63 Å². The van der Waals surface area contributed by atoms with Crippen LogP contribution in [-0.4, -0.2) is 126 Å². The van der Waals surface area contributed by atoms with E-state index in [2.05, 4.69) is 187 Å². The normalized spacial score (nSPS) is 22.5. The largest absolute Gasteiger partial charge is 0.509 e. The molecule has 306 valence electrons. The topological polar surface area (TPSA) is 19.4 Å². The maximum atomic E-state index is 18.0. The van der Waals surface area contributed by atoms with Crippen LogP contribution in [0.4, 0.5) is 8.63 Å². The molecule has 0 spiro atoms. The molecule has 16 heteroatoms. The lowest BCUT2D eigenvalue weighted by molar-refractivity contribution is 0.0354. The molecular weight excluding hydrogens is 745 g/mol. The molecule has 0 amide bonds. The van der Waals surface area contributed by atoms with Gasteiger partial charge < -0.3 is 16.7 Å². The lowest BCUT2D eigenvalue weighted by atomic mass is 9.73. The zero-order chi connectivity index (χ0) is 41.3. The van der Waals surface area contributed by atoms with E-state index in [-0.39, 0.29) is 22.2 Å². The van der Waals surface area contributed by atoms with Crippen molar-refractivity contribution in [2.75, 3.05) is 13.1 Å². The fourth-order valence-corrected chi connectivity index (χ4v) is 45.9. The summed E-state index contributed by atoms with van der Waals surface area (Å²) < 4.78 is 46.6. The van der Waals surface area contributed by atoms with E-state index in [0.717, 1.165) is 51.6 Å². The second-order valence-corrected chi connectivity index (χ2v) is 53.3. The Hall–Kier alpha value is 1.05. The summed E-state index contributed by atoms with van der Waals surface area (Å²) in [5.74, 6) is 0. The number of rotatable bonds is 15. The minimum atomic E-state index is -2.55. The molecule has 0 saturated carbocycles. The molecule has 0 bridgehead atoms. The molecule has 52 heavy (non-hydrogen) atoms. The minimum absolute atomic E-state index is 0.210. The summed E-state index contributed by atoms with van der Waals surface area (Å²) in [6, 6.07) is 0. The number of hydrogen-bond donors (Lipinski definition) is 0. The monoisotopic (exact) mass is 833 g/mol. The van der Waals surface area contributed by atoms with Crippen molar-refractivity contribution in [3.63, 3.8) is 0 Å². The maximum absolute atomic E-state index is 18.0. The molecule has 6 nitrogen and oxygen atoms in total. The van der Waals surface area contributed by atoms with Crippen LogP contribution in [0.2, 0.25) is 105 Å². The van der Waals surface area contributed by atoms with E-state index in [9.17, 15) is 0 Å². The fraction of sp³-hybridized carbons (Fsp3) is 1.00. The van der Waals surface area contributed by atoms with Gasteiger partial charge in [-0.1, -0.05) is 78.6 Å². The highest BCUT2D eigenvalue weighted by Gasteiger charge is 2.60. The molecular formula is C36H88B2F2N6Si6. The van der Waals surface area contributed by atoms with E-state index in [1.165, 1.54) is 0 Å². The summed E-state index contributed by atoms with van der Waals surface area (Å²) in [4.78, 5) is 4.53. The Balaban J connectivity index is 2.71. The number of piperidine rings is 2. The molecule has 0 atom stereocenters. The first kappa shape index (κ1) is 49.2. The van der Waals surface area contributed by atoms with Crippen LogP contribution < -0.4 is 0 Å². The summed E-state index contributed by atoms with van der Waals surface area (Å²) in [5.41, 5.74) is -0.839. The Morgan fingerprint density at radius 3 is 0.808 bits per heavy atom. The summed E-state index contributed by atoms with van der Waals surface area (Å²) in [5, 5.41) is 0. The molecule has 0 aromatic heterocycles. The first-order valence-electron chi connectivity index (χ1n) is 20.7. The number of halogens is 2. The van der Waals surface area contributed by atoms with Gasteiger partial charge in [-0.15, -0.1) is 0 Å². The van der Waals surface area contributed by atoms with Gasteiger partial charge in [0.1, 0.15) is 32.9 Å². The Labute approximate surface area is 331 Å². The summed E-state index contributed by atoms with van der Waals surface area (Å²) in [7, 11) is -15.6. The van der Waals surface area contributed by atoms with Crippen LogP contribution in [0.15, 0.2) is 0 Å². The summed E-state index contributed by atoms with van der Waals surface area (Å²) in [6.07, 6.45) is 6.38. The molecule has 2 rings (SSSR count). The summed E-state index contributed by atoms with van der Waals surface area (Å²) >= 11 is 0. The van der Waals surface area contributed by atoms with Crippen molar-refractivity contribution in [3.8, 4) is 0 Å². The van der Waals surface area contributed by atoms with Gasteiger partial charge in [-0.3, -0.25) is 18.3 Å².